The van der Waals surface area contributed by atoms with Gasteiger partial charge in [-0.05, 0) is 97.0 Å². The van der Waals surface area contributed by atoms with E-state index in [1.807, 2.05) is 0 Å². The smallest absolute Gasteiger partial charge is 0.00686 e. The van der Waals surface area contributed by atoms with Crippen LogP contribution in [0.3, 0.4) is 0 Å². The summed E-state index contributed by atoms with van der Waals surface area (Å²) in [4.78, 5) is 0. The van der Waals surface area contributed by atoms with E-state index < -0.39 is -2.15 Å². The Hall–Kier alpha value is 3.27. The first-order chi connectivity index (χ1) is 3.81. The van der Waals surface area contributed by atoms with E-state index in [4.69, 9.17) is 0 Å². The Morgan fingerprint density at radius 3 is 1.67 bits per heavy atom. The lowest BCUT2D eigenvalue weighted by Gasteiger charge is -2.37. The van der Waals surface area contributed by atoms with Gasteiger partial charge in [0.1, 0.15) is 0 Å². The number of halogens is 4. The van der Waals surface area contributed by atoms with Crippen molar-refractivity contribution < 1.29 is 0 Å². The predicted molar refractivity (Wildman–Crippen MR) is 84.8 cm³/mol. The van der Waals surface area contributed by atoms with Crippen molar-refractivity contribution in [1.82, 2.24) is 0 Å². The fraction of sp³-hybridized carbons (Fsp3) is 1.00. The van der Waals surface area contributed by atoms with Gasteiger partial charge in [0.05, 0.1) is 0 Å². The Balaban J connectivity index is 3.60. The van der Waals surface area contributed by atoms with Crippen LogP contribution >= 0.6 is 82.7 Å². The summed E-state index contributed by atoms with van der Waals surface area (Å²) in [5.41, 5.74) is 0. The van der Waals surface area contributed by atoms with Crippen LogP contribution < -0.4 is 0 Å². The molecule has 0 saturated carbocycles. The van der Waals surface area contributed by atoms with Gasteiger partial charge in [0, 0.05) is 0 Å². The van der Waals surface area contributed by atoms with Gasteiger partial charge in [-0.3, -0.25) is 0 Å². The normalized spacial score (nSPS) is 16.8. The zero-order chi connectivity index (χ0) is 7.57. The number of hydrogen-bond acceptors (Lipinski definition) is 0. The molecule has 0 saturated heterocycles. The highest BCUT2D eigenvalue weighted by Crippen LogP contribution is 2.95. The average molecular weight is 598 g/mol. The van der Waals surface area contributed by atoms with Gasteiger partial charge in [-0.15, -0.1) is -2.15 Å². The first-order valence-corrected chi connectivity index (χ1v) is 16.3. The monoisotopic (exact) mass is 598 g/mol. The lowest BCUT2D eigenvalue weighted by atomic mass is 10.4. The van der Waals surface area contributed by atoms with Crippen molar-refractivity contribution >= 4 is 82.7 Å². The zero-order valence-electron chi connectivity index (χ0n) is 5.08. The average Bonchev–Trinajstić information content (AvgIpc) is 1.57. The van der Waals surface area contributed by atoms with E-state index in [0.717, 1.165) is 0 Å². The highest BCUT2D eigenvalue weighted by molar-refractivity contribution is 14.6. The minimum Gasteiger partial charge on any atom is -0.116 e. The fourth-order valence-corrected chi connectivity index (χ4v) is 5.29. The van der Waals surface area contributed by atoms with Crippen molar-refractivity contribution in [2.75, 3.05) is 5.75 Å². The van der Waals surface area contributed by atoms with Crippen LogP contribution in [0.1, 0.15) is 19.8 Å². The van der Waals surface area contributed by atoms with Crippen molar-refractivity contribution in [2.45, 2.75) is 19.8 Å². The standard InChI is InChI=1S/C4H10I4S/c1-2-3-4-9(5,6,7)8/h9H,2-4H2,1H3. The van der Waals surface area contributed by atoms with Crippen LogP contribution in [0.15, 0.2) is 0 Å². The van der Waals surface area contributed by atoms with Crippen molar-refractivity contribution in [3.8, 4) is 0 Å². The van der Waals surface area contributed by atoms with Crippen molar-refractivity contribution in [3.05, 3.63) is 0 Å². The summed E-state index contributed by atoms with van der Waals surface area (Å²) in [5, 5.41) is 0. The van der Waals surface area contributed by atoms with Crippen LogP contribution in [-0.4, -0.2) is 5.75 Å². The maximum absolute atomic E-state index is 2.62. The molecule has 0 spiro atoms. The second kappa shape index (κ2) is 4.49. The molecule has 60 valence electrons. The minimum absolute atomic E-state index is 1.25. The third kappa shape index (κ3) is 11.3. The van der Waals surface area contributed by atoms with E-state index in [9.17, 15) is 0 Å². The SMILES string of the molecule is CCCC[SH](I)(I)(I)I. The molecule has 0 radical (unpaired) electrons. The van der Waals surface area contributed by atoms with Gasteiger partial charge < -0.3 is 0 Å². The number of thiol groups is 1. The highest BCUT2D eigenvalue weighted by atomic mass is 127. The number of unbranched alkanes of at least 4 members (excludes halogenated alkanes) is 1. The summed E-state index contributed by atoms with van der Waals surface area (Å²) in [6.07, 6.45) is 2.71. The van der Waals surface area contributed by atoms with Crippen LogP contribution in [0.25, 0.3) is 0 Å². The molecule has 0 aromatic carbocycles. The summed E-state index contributed by atoms with van der Waals surface area (Å²) in [6.45, 7) is 2.25. The Morgan fingerprint density at radius 2 is 1.56 bits per heavy atom. The summed E-state index contributed by atoms with van der Waals surface area (Å²) >= 11 is 10.5. The largest absolute Gasteiger partial charge is 0.116 e. The second-order valence-electron chi connectivity index (χ2n) is 1.94. The topological polar surface area (TPSA) is 0 Å². The molecule has 0 aromatic rings. The molecule has 5 heteroatoms. The van der Waals surface area contributed by atoms with E-state index in [2.05, 4.69) is 91.7 Å². The summed E-state index contributed by atoms with van der Waals surface area (Å²) < 4.78 is -1.25. The number of hydrogen-bond donors (Lipinski definition) is 1. The van der Waals surface area contributed by atoms with Crippen molar-refractivity contribution in [2.24, 2.45) is 0 Å². The Bertz CT molecular complexity index is 85.2. The summed E-state index contributed by atoms with van der Waals surface area (Å²) in [7, 11) is 0. The maximum Gasteiger partial charge on any atom is -0.00686 e. The molecule has 0 heterocycles. The van der Waals surface area contributed by atoms with Crippen LogP contribution in [0.2, 0.25) is 0 Å². The lowest BCUT2D eigenvalue weighted by Crippen LogP contribution is -1.87. The van der Waals surface area contributed by atoms with Crippen LogP contribution in [0, 0.1) is 0 Å². The van der Waals surface area contributed by atoms with Crippen molar-refractivity contribution in [1.29, 1.82) is 0 Å². The van der Waals surface area contributed by atoms with Crippen LogP contribution in [0.5, 0.6) is 0 Å². The molecule has 0 aromatic heterocycles. The highest BCUT2D eigenvalue weighted by Gasteiger charge is 2.25. The molecular weight excluding hydrogens is 588 g/mol. The van der Waals surface area contributed by atoms with Gasteiger partial charge in [-0.2, -0.15) is 0 Å². The second-order valence-corrected chi connectivity index (χ2v) is 62.9. The van der Waals surface area contributed by atoms with Crippen molar-refractivity contribution in [3.63, 3.8) is 0 Å². The quantitative estimate of drug-likeness (QED) is 0.333. The van der Waals surface area contributed by atoms with E-state index >= 15 is 0 Å². The molecule has 0 aliphatic heterocycles. The van der Waals surface area contributed by atoms with Gasteiger partial charge in [0.15, 0.2) is 0 Å². The van der Waals surface area contributed by atoms with E-state index in [-0.39, 0.29) is 0 Å². The molecule has 0 bridgehead atoms. The Morgan fingerprint density at radius 1 is 1.11 bits per heavy atom. The third-order valence-corrected chi connectivity index (χ3v) is 7.63. The molecule has 0 rings (SSSR count). The van der Waals surface area contributed by atoms with Gasteiger partial charge in [0.2, 0.25) is 0 Å². The third-order valence-electron chi connectivity index (χ3n) is 0.850. The molecule has 0 aliphatic rings. The number of rotatable bonds is 3. The first-order valence-electron chi connectivity index (χ1n) is 2.70. The lowest BCUT2D eigenvalue weighted by molar-refractivity contribution is 0.898. The van der Waals surface area contributed by atoms with Crippen LogP contribution in [0.4, 0.5) is 0 Å². The molecule has 0 amide bonds. The molecular formula is C4H10I4S. The van der Waals surface area contributed by atoms with Gasteiger partial charge >= 0.3 is 0 Å². The minimum atomic E-state index is -1.25. The van der Waals surface area contributed by atoms with Crippen LogP contribution in [-0.2, 0) is 0 Å². The molecule has 0 aliphatic carbocycles. The summed E-state index contributed by atoms with van der Waals surface area (Å²) in [6, 6.07) is 0. The van der Waals surface area contributed by atoms with E-state index in [0.29, 0.717) is 0 Å². The van der Waals surface area contributed by atoms with E-state index in [1.165, 1.54) is 18.6 Å². The predicted octanol–water partition coefficient (Wildman–Crippen LogP) is 5.26. The first kappa shape index (κ1) is 12.3. The molecule has 0 atom stereocenters. The molecule has 9 heavy (non-hydrogen) atoms. The zero-order valence-corrected chi connectivity index (χ0v) is 14.6. The summed E-state index contributed by atoms with van der Waals surface area (Å²) in [5.74, 6) is 1.41. The molecule has 0 N–H and O–H groups in total. The Labute approximate surface area is 106 Å². The van der Waals surface area contributed by atoms with E-state index in [1.54, 1.807) is 0 Å². The van der Waals surface area contributed by atoms with Gasteiger partial charge in [-0.1, -0.05) is 13.3 Å². The Kier molecular flexibility index (Phi) is 6.12. The molecule has 0 unspecified atom stereocenters. The van der Waals surface area contributed by atoms with Gasteiger partial charge in [-0.25, -0.2) is 0 Å². The fourth-order valence-electron chi connectivity index (χ4n) is 0.397. The molecule has 0 fully saturated rings. The molecule has 0 nitrogen and oxygen atoms in total. The maximum atomic E-state index is 2.62. The van der Waals surface area contributed by atoms with Gasteiger partial charge in [0.25, 0.3) is 0 Å².